The van der Waals surface area contributed by atoms with Gasteiger partial charge in [-0.05, 0) is 52.1 Å². The Balaban J connectivity index is 1.50. The molecule has 4 nitrogen and oxygen atoms in total. The molecule has 0 radical (unpaired) electrons. The van der Waals surface area contributed by atoms with E-state index in [1.165, 1.54) is 25.8 Å². The number of nitrogens with zero attached hydrogens (tertiary/aromatic N) is 1. The second kappa shape index (κ2) is 8.32. The average Bonchev–Trinajstić information content (AvgIpc) is 2.92. The van der Waals surface area contributed by atoms with Crippen LogP contribution in [0.4, 0.5) is 0 Å². The van der Waals surface area contributed by atoms with Gasteiger partial charge < -0.3 is 19.7 Å². The van der Waals surface area contributed by atoms with Gasteiger partial charge in [0.2, 0.25) is 0 Å². The topological polar surface area (TPSA) is 33.7 Å². The molecule has 0 amide bonds. The van der Waals surface area contributed by atoms with Crippen LogP contribution in [-0.4, -0.2) is 63.0 Å². The number of rotatable bonds is 7. The summed E-state index contributed by atoms with van der Waals surface area (Å²) in [5.74, 6) is 0.740. The number of piperidine rings is 1. The van der Waals surface area contributed by atoms with Gasteiger partial charge in [0, 0.05) is 31.8 Å². The fourth-order valence-electron chi connectivity index (χ4n) is 3.28. The van der Waals surface area contributed by atoms with Crippen LogP contribution in [0.3, 0.4) is 0 Å². The molecule has 4 unspecified atom stereocenters. The predicted octanol–water partition coefficient (Wildman–Crippen LogP) is 1.89. The van der Waals surface area contributed by atoms with Gasteiger partial charge in [0.05, 0.1) is 12.7 Å². The molecule has 2 saturated heterocycles. The minimum absolute atomic E-state index is 0.359. The lowest BCUT2D eigenvalue weighted by Crippen LogP contribution is -2.51. The Hall–Kier alpha value is -0.160. The summed E-state index contributed by atoms with van der Waals surface area (Å²) in [5, 5.41) is 3.71. The van der Waals surface area contributed by atoms with Crippen LogP contribution in [0.5, 0.6) is 0 Å². The van der Waals surface area contributed by atoms with Crippen molar-refractivity contribution in [2.75, 3.05) is 40.0 Å². The standard InChI is InChI=1S/C16H32N2O2/c1-13-11-18(3)14(2)10-16(13)17-7-5-8-19-12-15-6-4-9-20-15/h13-17H,4-12H2,1-3H3. The third-order valence-corrected chi connectivity index (χ3v) is 4.81. The van der Waals surface area contributed by atoms with E-state index in [1.807, 2.05) is 0 Å². The van der Waals surface area contributed by atoms with Gasteiger partial charge in [-0.1, -0.05) is 6.92 Å². The lowest BCUT2D eigenvalue weighted by Gasteiger charge is -2.40. The molecular formula is C16H32N2O2. The lowest BCUT2D eigenvalue weighted by molar-refractivity contribution is 0.0161. The van der Waals surface area contributed by atoms with Crippen LogP contribution in [0.2, 0.25) is 0 Å². The molecule has 2 aliphatic heterocycles. The van der Waals surface area contributed by atoms with E-state index >= 15 is 0 Å². The molecule has 2 rings (SSSR count). The fourth-order valence-corrected chi connectivity index (χ4v) is 3.28. The normalized spacial score (nSPS) is 35.5. The van der Waals surface area contributed by atoms with Crippen LogP contribution in [0.25, 0.3) is 0 Å². The van der Waals surface area contributed by atoms with Gasteiger partial charge >= 0.3 is 0 Å². The van der Waals surface area contributed by atoms with Gasteiger partial charge in [0.15, 0.2) is 0 Å². The zero-order valence-corrected chi connectivity index (χ0v) is 13.4. The first-order valence-corrected chi connectivity index (χ1v) is 8.29. The second-order valence-corrected chi connectivity index (χ2v) is 6.63. The number of likely N-dealkylation sites (tertiary alicyclic amines) is 1. The molecule has 4 atom stereocenters. The Morgan fingerprint density at radius 3 is 2.95 bits per heavy atom. The number of nitrogens with one attached hydrogen (secondary N) is 1. The first kappa shape index (κ1) is 16.2. The van der Waals surface area contributed by atoms with Crippen molar-refractivity contribution in [2.24, 2.45) is 5.92 Å². The van der Waals surface area contributed by atoms with E-state index in [1.54, 1.807) is 0 Å². The Kier molecular flexibility index (Phi) is 6.75. The van der Waals surface area contributed by atoms with Crippen molar-refractivity contribution in [1.82, 2.24) is 10.2 Å². The van der Waals surface area contributed by atoms with E-state index in [0.717, 1.165) is 38.7 Å². The summed E-state index contributed by atoms with van der Waals surface area (Å²) in [4.78, 5) is 2.47. The smallest absolute Gasteiger partial charge is 0.0809 e. The summed E-state index contributed by atoms with van der Waals surface area (Å²) < 4.78 is 11.2. The molecule has 2 heterocycles. The number of hydrogen-bond acceptors (Lipinski definition) is 4. The van der Waals surface area contributed by atoms with Crippen LogP contribution in [-0.2, 0) is 9.47 Å². The van der Waals surface area contributed by atoms with E-state index < -0.39 is 0 Å². The van der Waals surface area contributed by atoms with Crippen molar-refractivity contribution < 1.29 is 9.47 Å². The Morgan fingerprint density at radius 2 is 2.20 bits per heavy atom. The monoisotopic (exact) mass is 284 g/mol. The third-order valence-electron chi connectivity index (χ3n) is 4.81. The summed E-state index contributed by atoms with van der Waals surface area (Å²) >= 11 is 0. The van der Waals surface area contributed by atoms with Gasteiger partial charge in [0.1, 0.15) is 0 Å². The van der Waals surface area contributed by atoms with Gasteiger partial charge in [-0.25, -0.2) is 0 Å². The second-order valence-electron chi connectivity index (χ2n) is 6.63. The maximum absolute atomic E-state index is 5.70. The largest absolute Gasteiger partial charge is 0.379 e. The zero-order valence-electron chi connectivity index (χ0n) is 13.4. The molecule has 4 heteroatoms. The SMILES string of the molecule is CC1CN(C)C(C)CC1NCCCOCC1CCCO1. The highest BCUT2D eigenvalue weighted by Gasteiger charge is 2.28. The molecule has 2 aliphatic rings. The Morgan fingerprint density at radius 1 is 1.35 bits per heavy atom. The summed E-state index contributed by atoms with van der Waals surface area (Å²) in [6.45, 7) is 9.50. The summed E-state index contributed by atoms with van der Waals surface area (Å²) in [6.07, 6.45) is 5.08. The number of hydrogen-bond donors (Lipinski definition) is 1. The van der Waals surface area contributed by atoms with Crippen molar-refractivity contribution in [3.8, 4) is 0 Å². The van der Waals surface area contributed by atoms with E-state index in [0.29, 0.717) is 18.2 Å². The molecule has 0 aromatic carbocycles. The van der Waals surface area contributed by atoms with Crippen molar-refractivity contribution in [2.45, 2.75) is 57.7 Å². The minimum atomic E-state index is 0.359. The minimum Gasteiger partial charge on any atom is -0.379 e. The molecular weight excluding hydrogens is 252 g/mol. The van der Waals surface area contributed by atoms with Crippen molar-refractivity contribution >= 4 is 0 Å². The molecule has 0 saturated carbocycles. The molecule has 20 heavy (non-hydrogen) atoms. The van der Waals surface area contributed by atoms with Crippen LogP contribution >= 0.6 is 0 Å². The Bertz CT molecular complexity index is 269. The molecule has 1 N–H and O–H groups in total. The van der Waals surface area contributed by atoms with Crippen molar-refractivity contribution in [3.05, 3.63) is 0 Å². The molecule has 0 bridgehead atoms. The quantitative estimate of drug-likeness (QED) is 0.724. The van der Waals surface area contributed by atoms with Gasteiger partial charge in [-0.2, -0.15) is 0 Å². The Labute approximate surface area is 124 Å². The predicted molar refractivity (Wildman–Crippen MR) is 82.1 cm³/mol. The van der Waals surface area contributed by atoms with E-state index in [-0.39, 0.29) is 0 Å². The highest BCUT2D eigenvalue weighted by molar-refractivity contribution is 4.85. The molecule has 0 aliphatic carbocycles. The molecule has 0 aromatic heterocycles. The van der Waals surface area contributed by atoms with Crippen LogP contribution < -0.4 is 5.32 Å². The van der Waals surface area contributed by atoms with Gasteiger partial charge in [0.25, 0.3) is 0 Å². The number of ether oxygens (including phenoxy) is 2. The van der Waals surface area contributed by atoms with E-state index in [2.05, 4.69) is 31.1 Å². The van der Waals surface area contributed by atoms with Crippen molar-refractivity contribution in [1.29, 1.82) is 0 Å². The average molecular weight is 284 g/mol. The highest BCUT2D eigenvalue weighted by Crippen LogP contribution is 2.20. The molecule has 118 valence electrons. The first-order valence-electron chi connectivity index (χ1n) is 8.29. The van der Waals surface area contributed by atoms with Crippen molar-refractivity contribution in [3.63, 3.8) is 0 Å². The third kappa shape index (κ3) is 4.99. The van der Waals surface area contributed by atoms with Crippen LogP contribution in [0.1, 0.15) is 39.5 Å². The summed E-state index contributed by atoms with van der Waals surface area (Å²) in [7, 11) is 2.23. The molecule has 2 fully saturated rings. The van der Waals surface area contributed by atoms with Crippen LogP contribution in [0.15, 0.2) is 0 Å². The van der Waals surface area contributed by atoms with Gasteiger partial charge in [-0.15, -0.1) is 0 Å². The maximum Gasteiger partial charge on any atom is 0.0809 e. The zero-order chi connectivity index (χ0) is 14.4. The van der Waals surface area contributed by atoms with E-state index in [9.17, 15) is 0 Å². The summed E-state index contributed by atoms with van der Waals surface area (Å²) in [6, 6.07) is 1.36. The maximum atomic E-state index is 5.70. The lowest BCUT2D eigenvalue weighted by atomic mass is 9.90. The molecule has 0 spiro atoms. The molecule has 0 aromatic rings. The summed E-state index contributed by atoms with van der Waals surface area (Å²) in [5.41, 5.74) is 0. The van der Waals surface area contributed by atoms with Gasteiger partial charge in [-0.3, -0.25) is 0 Å². The highest BCUT2D eigenvalue weighted by atomic mass is 16.5. The van der Waals surface area contributed by atoms with E-state index in [4.69, 9.17) is 9.47 Å². The first-order chi connectivity index (χ1) is 9.66. The van der Waals surface area contributed by atoms with Crippen LogP contribution in [0, 0.1) is 5.92 Å². The fraction of sp³-hybridized carbons (Fsp3) is 1.00.